The largest absolute Gasteiger partial charge is 0.348 e. The van der Waals surface area contributed by atoms with Crippen LogP contribution in [0.15, 0.2) is 67.0 Å². The number of rotatable bonds is 5. The van der Waals surface area contributed by atoms with Gasteiger partial charge in [0.25, 0.3) is 5.91 Å². The van der Waals surface area contributed by atoms with Crippen molar-refractivity contribution in [2.24, 2.45) is 0 Å². The number of carbonyl (C=O) groups is 1. The van der Waals surface area contributed by atoms with Gasteiger partial charge in [0.05, 0.1) is 0 Å². The number of anilines is 2. The Bertz CT molecular complexity index is 839. The second-order valence-electron chi connectivity index (χ2n) is 5.09. The smallest absolute Gasteiger partial charge is 0.251 e. The Morgan fingerprint density at radius 2 is 1.79 bits per heavy atom. The molecule has 5 nitrogen and oxygen atoms in total. The highest BCUT2D eigenvalue weighted by Crippen LogP contribution is 2.14. The van der Waals surface area contributed by atoms with E-state index in [1.54, 1.807) is 48.8 Å². The van der Waals surface area contributed by atoms with Crippen LogP contribution in [-0.2, 0) is 6.54 Å². The molecule has 0 bridgehead atoms. The number of hydrogen-bond donors (Lipinski definition) is 2. The third kappa shape index (κ3) is 4.13. The van der Waals surface area contributed by atoms with Crippen LogP contribution in [-0.4, -0.2) is 15.9 Å². The van der Waals surface area contributed by atoms with Gasteiger partial charge in [0, 0.05) is 30.2 Å². The molecule has 1 heterocycles. The van der Waals surface area contributed by atoms with Gasteiger partial charge in [-0.15, -0.1) is 0 Å². The summed E-state index contributed by atoms with van der Waals surface area (Å²) in [5.74, 6) is -0.109. The van der Waals surface area contributed by atoms with Gasteiger partial charge in [-0.05, 0) is 42.0 Å². The number of amides is 1. The van der Waals surface area contributed by atoms with Crippen LogP contribution in [0.4, 0.5) is 16.0 Å². The molecule has 0 unspecified atom stereocenters. The van der Waals surface area contributed by atoms with Crippen molar-refractivity contribution in [2.45, 2.75) is 6.54 Å². The van der Waals surface area contributed by atoms with Crippen molar-refractivity contribution in [1.82, 2.24) is 15.3 Å². The number of carbonyl (C=O) groups excluding carboxylic acids is 1. The summed E-state index contributed by atoms with van der Waals surface area (Å²) in [6.07, 6.45) is 3.26. The summed E-state index contributed by atoms with van der Waals surface area (Å²) < 4.78 is 13.1. The van der Waals surface area contributed by atoms with Crippen LogP contribution in [0.3, 0.4) is 0 Å². The molecule has 0 atom stereocenters. The van der Waals surface area contributed by atoms with Gasteiger partial charge in [0.1, 0.15) is 5.82 Å². The zero-order chi connectivity index (χ0) is 16.8. The van der Waals surface area contributed by atoms with Gasteiger partial charge in [-0.1, -0.05) is 18.2 Å². The number of halogens is 1. The fourth-order valence-corrected chi connectivity index (χ4v) is 2.16. The lowest BCUT2D eigenvalue weighted by molar-refractivity contribution is 0.0951. The normalized spacial score (nSPS) is 10.2. The molecule has 1 aromatic heterocycles. The van der Waals surface area contributed by atoms with Gasteiger partial charge in [-0.3, -0.25) is 4.79 Å². The molecular formula is C18H15FN4O. The molecule has 0 fully saturated rings. The number of hydrogen-bond acceptors (Lipinski definition) is 4. The summed E-state index contributed by atoms with van der Waals surface area (Å²) >= 11 is 0. The van der Waals surface area contributed by atoms with Crippen molar-refractivity contribution >= 4 is 17.5 Å². The van der Waals surface area contributed by atoms with E-state index in [1.165, 1.54) is 12.1 Å². The van der Waals surface area contributed by atoms with Crippen LogP contribution >= 0.6 is 0 Å². The van der Waals surface area contributed by atoms with Crippen molar-refractivity contribution in [3.63, 3.8) is 0 Å². The second-order valence-corrected chi connectivity index (χ2v) is 5.09. The summed E-state index contributed by atoms with van der Waals surface area (Å²) in [7, 11) is 0. The molecule has 0 saturated carbocycles. The van der Waals surface area contributed by atoms with Gasteiger partial charge >= 0.3 is 0 Å². The van der Waals surface area contributed by atoms with E-state index < -0.39 is 0 Å². The van der Waals surface area contributed by atoms with E-state index in [0.717, 1.165) is 0 Å². The van der Waals surface area contributed by atoms with Crippen molar-refractivity contribution in [2.75, 3.05) is 5.32 Å². The topological polar surface area (TPSA) is 66.9 Å². The molecule has 120 valence electrons. The lowest BCUT2D eigenvalue weighted by Crippen LogP contribution is -2.22. The Kier molecular flexibility index (Phi) is 4.76. The summed E-state index contributed by atoms with van der Waals surface area (Å²) in [4.78, 5) is 20.4. The van der Waals surface area contributed by atoms with Crippen LogP contribution in [0.2, 0.25) is 0 Å². The standard InChI is InChI=1S/C18H15FN4O/c19-15-6-1-4-13(10-15)12-22-17(24)14-5-2-7-16(11-14)23-18-20-8-3-9-21-18/h1-11H,12H2,(H,22,24)(H,20,21,23). The van der Waals surface area contributed by atoms with Gasteiger partial charge in [-0.25, -0.2) is 14.4 Å². The zero-order valence-corrected chi connectivity index (χ0v) is 12.7. The molecule has 6 heteroatoms. The Balaban J connectivity index is 1.66. The predicted octanol–water partition coefficient (Wildman–Crippen LogP) is 3.29. The first-order valence-corrected chi connectivity index (χ1v) is 7.37. The number of nitrogens with zero attached hydrogens (tertiary/aromatic N) is 2. The fourth-order valence-electron chi connectivity index (χ4n) is 2.16. The number of benzene rings is 2. The first-order chi connectivity index (χ1) is 11.7. The molecule has 0 aliphatic carbocycles. The minimum Gasteiger partial charge on any atom is -0.348 e. The average Bonchev–Trinajstić information content (AvgIpc) is 2.61. The average molecular weight is 322 g/mol. The molecule has 0 radical (unpaired) electrons. The lowest BCUT2D eigenvalue weighted by atomic mass is 10.1. The van der Waals surface area contributed by atoms with E-state index in [0.29, 0.717) is 22.8 Å². The first kappa shape index (κ1) is 15.6. The maximum Gasteiger partial charge on any atom is 0.251 e. The third-order valence-corrected chi connectivity index (χ3v) is 3.29. The highest BCUT2D eigenvalue weighted by molar-refractivity contribution is 5.95. The van der Waals surface area contributed by atoms with Crippen molar-refractivity contribution in [1.29, 1.82) is 0 Å². The van der Waals surface area contributed by atoms with Crippen molar-refractivity contribution in [3.05, 3.63) is 83.9 Å². The van der Waals surface area contributed by atoms with E-state index in [-0.39, 0.29) is 18.3 Å². The first-order valence-electron chi connectivity index (χ1n) is 7.37. The SMILES string of the molecule is O=C(NCc1cccc(F)c1)c1cccc(Nc2ncccn2)c1. The van der Waals surface area contributed by atoms with Crippen molar-refractivity contribution < 1.29 is 9.18 Å². The van der Waals surface area contributed by atoms with Gasteiger partial charge in [-0.2, -0.15) is 0 Å². The zero-order valence-electron chi connectivity index (χ0n) is 12.7. The quantitative estimate of drug-likeness (QED) is 0.756. The summed E-state index contributed by atoms with van der Waals surface area (Å²) in [5, 5.41) is 5.80. The van der Waals surface area contributed by atoms with Crippen LogP contribution < -0.4 is 10.6 Å². The molecule has 0 spiro atoms. The maximum absolute atomic E-state index is 13.1. The molecule has 0 aliphatic heterocycles. The molecule has 1 amide bonds. The van der Waals surface area contributed by atoms with Crippen molar-refractivity contribution in [3.8, 4) is 0 Å². The summed E-state index contributed by atoms with van der Waals surface area (Å²) in [6, 6.07) is 14.9. The molecule has 0 saturated heterocycles. The Hall–Kier alpha value is -3.28. The Labute approximate surface area is 138 Å². The molecule has 2 aromatic carbocycles. The monoisotopic (exact) mass is 322 g/mol. The summed E-state index contributed by atoms with van der Waals surface area (Å²) in [6.45, 7) is 0.260. The molecule has 2 N–H and O–H groups in total. The fraction of sp³-hybridized carbons (Fsp3) is 0.0556. The Morgan fingerprint density at radius 3 is 2.58 bits per heavy atom. The molecule has 3 rings (SSSR count). The van der Waals surface area contributed by atoms with Crippen LogP contribution in [0, 0.1) is 5.82 Å². The van der Waals surface area contributed by atoms with Gasteiger partial charge in [0.2, 0.25) is 5.95 Å². The van der Waals surface area contributed by atoms with E-state index >= 15 is 0 Å². The molecule has 3 aromatic rings. The highest BCUT2D eigenvalue weighted by Gasteiger charge is 2.07. The third-order valence-electron chi connectivity index (χ3n) is 3.29. The minimum atomic E-state index is -0.323. The Morgan fingerprint density at radius 1 is 1.00 bits per heavy atom. The van der Waals surface area contributed by atoms with Gasteiger partial charge < -0.3 is 10.6 Å². The number of aromatic nitrogens is 2. The number of nitrogens with one attached hydrogen (secondary N) is 2. The maximum atomic E-state index is 13.1. The van der Waals surface area contributed by atoms with E-state index in [2.05, 4.69) is 20.6 Å². The minimum absolute atomic E-state index is 0.239. The highest BCUT2D eigenvalue weighted by atomic mass is 19.1. The van der Waals surface area contributed by atoms with Gasteiger partial charge in [0.15, 0.2) is 0 Å². The summed E-state index contributed by atoms with van der Waals surface area (Å²) in [5.41, 5.74) is 1.90. The van der Waals surface area contributed by atoms with Crippen LogP contribution in [0.1, 0.15) is 15.9 Å². The van der Waals surface area contributed by atoms with Crippen LogP contribution in [0.5, 0.6) is 0 Å². The molecule has 24 heavy (non-hydrogen) atoms. The molecule has 0 aliphatic rings. The second kappa shape index (κ2) is 7.32. The van der Waals surface area contributed by atoms with E-state index in [9.17, 15) is 9.18 Å². The lowest BCUT2D eigenvalue weighted by Gasteiger charge is -2.08. The van der Waals surface area contributed by atoms with Crippen LogP contribution in [0.25, 0.3) is 0 Å². The molecular weight excluding hydrogens is 307 g/mol. The predicted molar refractivity (Wildman–Crippen MR) is 89.3 cm³/mol. The van der Waals surface area contributed by atoms with E-state index in [4.69, 9.17) is 0 Å². The van der Waals surface area contributed by atoms with E-state index in [1.807, 2.05) is 6.07 Å².